The fourth-order valence-electron chi connectivity index (χ4n) is 3.89. The molecule has 1 atom stereocenters. The Morgan fingerprint density at radius 1 is 1.24 bits per heavy atom. The summed E-state index contributed by atoms with van der Waals surface area (Å²) in [5, 5.41) is 11.3. The Hall–Kier alpha value is -2.93. The summed E-state index contributed by atoms with van der Waals surface area (Å²) in [4.78, 5) is 14.8. The molecule has 2 heterocycles. The molecule has 1 unspecified atom stereocenters. The van der Waals surface area contributed by atoms with Gasteiger partial charge in [-0.25, -0.2) is 0 Å². The zero-order chi connectivity index (χ0) is 20.1. The van der Waals surface area contributed by atoms with E-state index in [0.717, 1.165) is 32.2 Å². The van der Waals surface area contributed by atoms with E-state index in [9.17, 15) is 4.79 Å². The van der Waals surface area contributed by atoms with E-state index >= 15 is 0 Å². The minimum atomic E-state index is 0.0194. The molecular formula is C22H26N4O3. The van der Waals surface area contributed by atoms with Crippen LogP contribution in [0.1, 0.15) is 49.2 Å². The molecule has 0 saturated heterocycles. The fourth-order valence-corrected chi connectivity index (χ4v) is 3.89. The number of benzene rings is 1. The summed E-state index contributed by atoms with van der Waals surface area (Å²) >= 11 is 0. The number of rotatable bonds is 8. The predicted octanol–water partition coefficient (Wildman–Crippen LogP) is 3.74. The number of nitrogens with zero attached hydrogens (tertiary/aromatic N) is 3. The first-order valence-corrected chi connectivity index (χ1v) is 10.2. The Morgan fingerprint density at radius 2 is 2.14 bits per heavy atom. The Bertz CT molecular complexity index is 935. The van der Waals surface area contributed by atoms with E-state index in [4.69, 9.17) is 8.83 Å². The Balaban J connectivity index is 1.38. The number of amides is 1. The average molecular weight is 394 g/mol. The molecule has 7 heteroatoms. The molecule has 2 aromatic heterocycles. The number of aromatic nitrogens is 2. The van der Waals surface area contributed by atoms with Gasteiger partial charge in [0.2, 0.25) is 11.8 Å². The van der Waals surface area contributed by atoms with Crippen LogP contribution in [0.25, 0.3) is 11.7 Å². The normalized spacial score (nSPS) is 16.0. The highest BCUT2D eigenvalue weighted by atomic mass is 16.4. The molecule has 0 bridgehead atoms. The molecule has 0 radical (unpaired) electrons. The highest BCUT2D eigenvalue weighted by Crippen LogP contribution is 2.29. The highest BCUT2D eigenvalue weighted by molar-refractivity contribution is 5.78. The van der Waals surface area contributed by atoms with Crippen molar-refractivity contribution in [1.82, 2.24) is 20.4 Å². The van der Waals surface area contributed by atoms with Crippen molar-refractivity contribution in [1.29, 1.82) is 0 Å². The van der Waals surface area contributed by atoms with Crippen LogP contribution in [-0.2, 0) is 17.8 Å². The molecule has 0 fully saturated rings. The lowest BCUT2D eigenvalue weighted by atomic mass is 9.88. The van der Waals surface area contributed by atoms with Crippen molar-refractivity contribution < 1.29 is 13.6 Å². The summed E-state index contributed by atoms with van der Waals surface area (Å²) in [5.41, 5.74) is 2.58. The predicted molar refractivity (Wildman–Crippen MR) is 108 cm³/mol. The van der Waals surface area contributed by atoms with Crippen molar-refractivity contribution in [3.05, 3.63) is 59.7 Å². The van der Waals surface area contributed by atoms with E-state index in [1.54, 1.807) is 18.4 Å². The van der Waals surface area contributed by atoms with Gasteiger partial charge in [0.1, 0.15) is 0 Å². The second kappa shape index (κ2) is 9.05. The Morgan fingerprint density at radius 3 is 2.97 bits per heavy atom. The largest absolute Gasteiger partial charge is 0.459 e. The fraction of sp³-hybridized carbons (Fsp3) is 0.409. The summed E-state index contributed by atoms with van der Waals surface area (Å²) < 4.78 is 11.0. The third-order valence-corrected chi connectivity index (χ3v) is 5.17. The van der Waals surface area contributed by atoms with Crippen molar-refractivity contribution in [3.8, 4) is 11.7 Å². The minimum absolute atomic E-state index is 0.0194. The summed E-state index contributed by atoms with van der Waals surface area (Å²) in [5.74, 6) is 1.38. The number of aryl methyl sites for hydroxylation is 1. The second-order valence-corrected chi connectivity index (χ2v) is 7.40. The van der Waals surface area contributed by atoms with Gasteiger partial charge in [0, 0.05) is 0 Å². The molecule has 152 valence electrons. The molecule has 1 aromatic carbocycles. The third-order valence-electron chi connectivity index (χ3n) is 5.17. The molecular weight excluding hydrogens is 368 g/mol. The third kappa shape index (κ3) is 4.74. The SMILES string of the molecule is CCCN(CC(=O)NC1CCCc2ccccc21)Cc1nnc(-c2ccco2)o1. The van der Waals surface area contributed by atoms with Gasteiger partial charge >= 0.3 is 0 Å². The van der Waals surface area contributed by atoms with Crippen LogP contribution < -0.4 is 5.32 Å². The van der Waals surface area contributed by atoms with E-state index < -0.39 is 0 Å². The number of hydrogen-bond acceptors (Lipinski definition) is 6. The summed E-state index contributed by atoms with van der Waals surface area (Å²) in [7, 11) is 0. The smallest absolute Gasteiger partial charge is 0.283 e. The first-order valence-electron chi connectivity index (χ1n) is 10.2. The van der Waals surface area contributed by atoms with E-state index in [1.165, 1.54) is 11.1 Å². The molecule has 1 amide bonds. The van der Waals surface area contributed by atoms with Gasteiger partial charge in [0.25, 0.3) is 5.89 Å². The summed E-state index contributed by atoms with van der Waals surface area (Å²) in [6.45, 7) is 3.58. The standard InChI is InChI=1S/C22H26N4O3/c1-2-12-26(15-21-24-25-22(29-21)19-11-6-13-28-19)14-20(27)23-18-10-5-8-16-7-3-4-9-17(16)18/h3-4,6-7,9,11,13,18H,2,5,8,10,12,14-15H2,1H3,(H,23,27). The Kier molecular flexibility index (Phi) is 6.05. The van der Waals surface area contributed by atoms with Crippen molar-refractivity contribution >= 4 is 5.91 Å². The zero-order valence-corrected chi connectivity index (χ0v) is 16.6. The summed E-state index contributed by atoms with van der Waals surface area (Å²) in [6.07, 6.45) is 5.65. The van der Waals surface area contributed by atoms with Crippen molar-refractivity contribution in [2.75, 3.05) is 13.1 Å². The molecule has 7 nitrogen and oxygen atoms in total. The minimum Gasteiger partial charge on any atom is -0.459 e. The van der Waals surface area contributed by atoms with Crippen LogP contribution in [0.5, 0.6) is 0 Å². The van der Waals surface area contributed by atoms with Crippen molar-refractivity contribution in [2.45, 2.75) is 45.2 Å². The number of furan rings is 1. The molecule has 3 aromatic rings. The number of fused-ring (bicyclic) bond motifs is 1. The van der Waals surface area contributed by atoms with Crippen molar-refractivity contribution in [2.24, 2.45) is 0 Å². The zero-order valence-electron chi connectivity index (χ0n) is 16.6. The first-order chi connectivity index (χ1) is 14.2. The molecule has 4 rings (SSSR count). The van der Waals surface area contributed by atoms with Crippen molar-refractivity contribution in [3.63, 3.8) is 0 Å². The lowest BCUT2D eigenvalue weighted by molar-refractivity contribution is -0.123. The molecule has 0 aliphatic heterocycles. The van der Waals surface area contributed by atoms with Crippen LogP contribution in [0, 0.1) is 0 Å². The maximum absolute atomic E-state index is 12.8. The van der Waals surface area contributed by atoms with E-state index in [-0.39, 0.29) is 11.9 Å². The lowest BCUT2D eigenvalue weighted by Crippen LogP contribution is -2.39. The molecule has 0 spiro atoms. The Labute approximate surface area is 170 Å². The van der Waals surface area contributed by atoms with E-state index in [0.29, 0.717) is 30.6 Å². The van der Waals surface area contributed by atoms with Crippen LogP contribution in [0.4, 0.5) is 0 Å². The van der Waals surface area contributed by atoms with Gasteiger partial charge in [-0.1, -0.05) is 31.2 Å². The van der Waals surface area contributed by atoms with Crippen LogP contribution in [0.2, 0.25) is 0 Å². The number of carbonyl (C=O) groups excluding carboxylic acids is 1. The first kappa shape index (κ1) is 19.4. The molecule has 1 aliphatic rings. The van der Waals surface area contributed by atoms with E-state index in [1.807, 2.05) is 11.0 Å². The van der Waals surface area contributed by atoms with Crippen LogP contribution in [-0.4, -0.2) is 34.1 Å². The lowest BCUT2D eigenvalue weighted by Gasteiger charge is -2.27. The molecule has 29 heavy (non-hydrogen) atoms. The van der Waals surface area contributed by atoms with Gasteiger partial charge in [-0.05, 0) is 55.5 Å². The monoisotopic (exact) mass is 394 g/mol. The quantitative estimate of drug-likeness (QED) is 0.627. The van der Waals surface area contributed by atoms with Gasteiger partial charge in [0.05, 0.1) is 25.4 Å². The van der Waals surface area contributed by atoms with Gasteiger partial charge in [-0.3, -0.25) is 9.69 Å². The van der Waals surface area contributed by atoms with Crippen LogP contribution in [0.3, 0.4) is 0 Å². The van der Waals surface area contributed by atoms with Gasteiger partial charge in [0.15, 0.2) is 5.76 Å². The number of nitrogens with one attached hydrogen (secondary N) is 1. The molecule has 1 N–H and O–H groups in total. The van der Waals surface area contributed by atoms with Gasteiger partial charge in [-0.2, -0.15) is 0 Å². The van der Waals surface area contributed by atoms with Gasteiger partial charge < -0.3 is 14.2 Å². The van der Waals surface area contributed by atoms with Crippen LogP contribution >= 0.6 is 0 Å². The maximum atomic E-state index is 12.8. The maximum Gasteiger partial charge on any atom is 0.283 e. The highest BCUT2D eigenvalue weighted by Gasteiger charge is 2.23. The summed E-state index contributed by atoms with van der Waals surface area (Å²) in [6, 6.07) is 12.0. The topological polar surface area (TPSA) is 84.4 Å². The molecule has 0 saturated carbocycles. The van der Waals surface area contributed by atoms with Crippen LogP contribution in [0.15, 0.2) is 51.5 Å². The average Bonchev–Trinajstić information content (AvgIpc) is 3.40. The van der Waals surface area contributed by atoms with Gasteiger partial charge in [-0.15, -0.1) is 10.2 Å². The number of carbonyl (C=O) groups is 1. The second-order valence-electron chi connectivity index (χ2n) is 7.40. The number of hydrogen-bond donors (Lipinski definition) is 1. The van der Waals surface area contributed by atoms with E-state index in [2.05, 4.69) is 40.6 Å². The molecule has 1 aliphatic carbocycles.